The molecule has 0 aliphatic rings. The highest BCUT2D eigenvalue weighted by Gasteiger charge is 2.07. The second-order valence-corrected chi connectivity index (χ2v) is 3.79. The molecule has 0 aliphatic heterocycles. The molecule has 3 nitrogen and oxygen atoms in total. The first kappa shape index (κ1) is 10.1. The van der Waals surface area contributed by atoms with Crippen molar-refractivity contribution in [1.29, 1.82) is 0 Å². The van der Waals surface area contributed by atoms with Crippen LogP contribution in [0.15, 0.2) is 24.3 Å². The Balaban J connectivity index is 2.53. The highest BCUT2D eigenvalue weighted by molar-refractivity contribution is 5.87. The van der Waals surface area contributed by atoms with Gasteiger partial charge in [-0.25, -0.2) is 0 Å². The number of rotatable bonds is 3. The molecule has 0 radical (unpaired) electrons. The summed E-state index contributed by atoms with van der Waals surface area (Å²) in [6, 6.07) is 7.63. The number of fused-ring (bicyclic) bond motifs is 1. The van der Waals surface area contributed by atoms with E-state index in [4.69, 9.17) is 5.73 Å². The lowest BCUT2D eigenvalue weighted by molar-refractivity contribution is 0.481. The Labute approximate surface area is 89.1 Å². The molecule has 0 bridgehead atoms. The van der Waals surface area contributed by atoms with Gasteiger partial charge in [0, 0.05) is 17.6 Å². The molecule has 2 rings (SSSR count). The third-order valence-electron chi connectivity index (χ3n) is 2.72. The number of aromatic nitrogens is 1. The molecule has 0 aliphatic carbocycles. The van der Waals surface area contributed by atoms with E-state index in [1.165, 1.54) is 5.69 Å². The first-order valence-corrected chi connectivity index (χ1v) is 5.22. The number of nitrogens with two attached hydrogens (primary N) is 1. The molecule has 0 atom stereocenters. The van der Waals surface area contributed by atoms with Gasteiger partial charge >= 0.3 is 0 Å². The minimum Gasteiger partial charge on any atom is -0.507 e. The molecule has 80 valence electrons. The van der Waals surface area contributed by atoms with Crippen molar-refractivity contribution in [3.8, 4) is 5.75 Å². The van der Waals surface area contributed by atoms with Crippen LogP contribution in [-0.2, 0) is 6.54 Å². The van der Waals surface area contributed by atoms with Crippen molar-refractivity contribution in [2.45, 2.75) is 19.9 Å². The molecule has 0 fully saturated rings. The summed E-state index contributed by atoms with van der Waals surface area (Å²) < 4.78 is 2.20. The molecular formula is C12H16N2O. The Morgan fingerprint density at radius 1 is 1.40 bits per heavy atom. The third-order valence-corrected chi connectivity index (χ3v) is 2.72. The van der Waals surface area contributed by atoms with Crippen LogP contribution in [0.4, 0.5) is 0 Å². The number of aromatic hydroxyl groups is 1. The van der Waals surface area contributed by atoms with Crippen LogP contribution in [-0.4, -0.2) is 16.2 Å². The summed E-state index contributed by atoms with van der Waals surface area (Å²) in [5.41, 5.74) is 7.76. The van der Waals surface area contributed by atoms with Crippen LogP contribution >= 0.6 is 0 Å². The second-order valence-electron chi connectivity index (χ2n) is 3.79. The van der Waals surface area contributed by atoms with Crippen LogP contribution in [0.25, 0.3) is 10.9 Å². The molecule has 2 aromatic rings. The molecule has 0 amide bonds. The van der Waals surface area contributed by atoms with Crippen LogP contribution in [0.5, 0.6) is 5.75 Å². The first-order chi connectivity index (χ1) is 7.24. The lowest BCUT2D eigenvalue weighted by atomic mass is 10.2. The van der Waals surface area contributed by atoms with Gasteiger partial charge in [0.15, 0.2) is 0 Å². The summed E-state index contributed by atoms with van der Waals surface area (Å²) in [7, 11) is 0. The van der Waals surface area contributed by atoms with Gasteiger partial charge in [0.05, 0.1) is 5.52 Å². The van der Waals surface area contributed by atoms with E-state index in [9.17, 15) is 5.11 Å². The molecule has 0 saturated carbocycles. The lowest BCUT2D eigenvalue weighted by Crippen LogP contribution is -2.06. The van der Waals surface area contributed by atoms with Gasteiger partial charge in [0.1, 0.15) is 5.75 Å². The lowest BCUT2D eigenvalue weighted by Gasteiger charge is -2.06. The van der Waals surface area contributed by atoms with E-state index in [0.29, 0.717) is 12.3 Å². The SMILES string of the molecule is Cc1cc2c(O)cccc2n1CCCN. The van der Waals surface area contributed by atoms with Crippen molar-refractivity contribution < 1.29 is 5.11 Å². The number of phenolic OH excluding ortho intramolecular Hbond substituents is 1. The summed E-state index contributed by atoms with van der Waals surface area (Å²) in [4.78, 5) is 0. The van der Waals surface area contributed by atoms with Crippen LogP contribution < -0.4 is 5.73 Å². The summed E-state index contributed by atoms with van der Waals surface area (Å²) in [6.07, 6.45) is 0.959. The van der Waals surface area contributed by atoms with E-state index in [1.807, 2.05) is 18.2 Å². The quantitative estimate of drug-likeness (QED) is 0.803. The fourth-order valence-electron chi connectivity index (χ4n) is 1.95. The maximum absolute atomic E-state index is 9.70. The van der Waals surface area contributed by atoms with Crippen molar-refractivity contribution in [3.05, 3.63) is 30.0 Å². The predicted molar refractivity (Wildman–Crippen MR) is 62.0 cm³/mol. The molecular weight excluding hydrogens is 188 g/mol. The van der Waals surface area contributed by atoms with E-state index >= 15 is 0 Å². The summed E-state index contributed by atoms with van der Waals surface area (Å²) in [6.45, 7) is 3.66. The molecule has 3 N–H and O–H groups in total. The number of hydrogen-bond acceptors (Lipinski definition) is 2. The van der Waals surface area contributed by atoms with E-state index in [0.717, 1.165) is 23.9 Å². The van der Waals surface area contributed by atoms with Gasteiger partial charge in [-0.05, 0) is 38.1 Å². The predicted octanol–water partition coefficient (Wildman–Crippen LogP) is 2.00. The molecule has 1 aromatic carbocycles. The van der Waals surface area contributed by atoms with Crippen LogP contribution in [0.1, 0.15) is 12.1 Å². The average Bonchev–Trinajstić information content (AvgIpc) is 2.54. The summed E-state index contributed by atoms with van der Waals surface area (Å²) in [5, 5.41) is 10.6. The number of hydrogen-bond donors (Lipinski definition) is 2. The normalized spacial score (nSPS) is 11.1. The van der Waals surface area contributed by atoms with Crippen molar-refractivity contribution >= 4 is 10.9 Å². The van der Waals surface area contributed by atoms with Gasteiger partial charge in [-0.15, -0.1) is 0 Å². The molecule has 1 aromatic heterocycles. The van der Waals surface area contributed by atoms with E-state index < -0.39 is 0 Å². The minimum absolute atomic E-state index is 0.349. The maximum Gasteiger partial charge on any atom is 0.124 e. The minimum atomic E-state index is 0.349. The standard InChI is InChI=1S/C12H16N2O/c1-9-8-10-11(4-2-5-12(10)15)14(9)7-3-6-13/h2,4-5,8,15H,3,6-7,13H2,1H3. The number of phenols is 1. The van der Waals surface area contributed by atoms with Crippen LogP contribution in [0.2, 0.25) is 0 Å². The molecule has 0 spiro atoms. The first-order valence-electron chi connectivity index (χ1n) is 5.22. The number of nitrogens with zero attached hydrogens (tertiary/aromatic N) is 1. The summed E-state index contributed by atoms with van der Waals surface area (Å²) in [5.74, 6) is 0.349. The van der Waals surface area contributed by atoms with Crippen LogP contribution in [0, 0.1) is 6.92 Å². The van der Waals surface area contributed by atoms with Gasteiger partial charge in [-0.1, -0.05) is 6.07 Å². The Kier molecular flexibility index (Phi) is 2.64. The molecule has 0 saturated heterocycles. The Hall–Kier alpha value is -1.48. The van der Waals surface area contributed by atoms with Gasteiger partial charge in [-0.2, -0.15) is 0 Å². The zero-order valence-corrected chi connectivity index (χ0v) is 8.90. The van der Waals surface area contributed by atoms with Crippen LogP contribution in [0.3, 0.4) is 0 Å². The van der Waals surface area contributed by atoms with Gasteiger partial charge in [0.25, 0.3) is 0 Å². The highest BCUT2D eigenvalue weighted by atomic mass is 16.3. The van der Waals surface area contributed by atoms with Crippen molar-refractivity contribution in [2.24, 2.45) is 5.73 Å². The Morgan fingerprint density at radius 2 is 2.20 bits per heavy atom. The number of aryl methyl sites for hydroxylation is 2. The largest absolute Gasteiger partial charge is 0.507 e. The smallest absolute Gasteiger partial charge is 0.124 e. The maximum atomic E-state index is 9.70. The Bertz CT molecular complexity index is 474. The van der Waals surface area contributed by atoms with E-state index in [2.05, 4.69) is 11.5 Å². The molecule has 15 heavy (non-hydrogen) atoms. The fraction of sp³-hybridized carbons (Fsp3) is 0.333. The van der Waals surface area contributed by atoms with E-state index in [-0.39, 0.29) is 0 Å². The third kappa shape index (κ3) is 1.70. The molecule has 0 unspecified atom stereocenters. The zero-order chi connectivity index (χ0) is 10.8. The van der Waals surface area contributed by atoms with E-state index in [1.54, 1.807) is 6.07 Å². The summed E-state index contributed by atoms with van der Waals surface area (Å²) >= 11 is 0. The van der Waals surface area contributed by atoms with Gasteiger partial charge < -0.3 is 15.4 Å². The number of benzene rings is 1. The topological polar surface area (TPSA) is 51.2 Å². The van der Waals surface area contributed by atoms with Gasteiger partial charge in [-0.3, -0.25) is 0 Å². The fourth-order valence-corrected chi connectivity index (χ4v) is 1.95. The van der Waals surface area contributed by atoms with Gasteiger partial charge in [0.2, 0.25) is 0 Å². The van der Waals surface area contributed by atoms with Crippen molar-refractivity contribution in [3.63, 3.8) is 0 Å². The molecule has 3 heteroatoms. The monoisotopic (exact) mass is 204 g/mol. The zero-order valence-electron chi connectivity index (χ0n) is 8.90. The van der Waals surface area contributed by atoms with Crippen molar-refractivity contribution in [1.82, 2.24) is 4.57 Å². The average molecular weight is 204 g/mol. The second kappa shape index (κ2) is 3.95. The molecule has 1 heterocycles. The Morgan fingerprint density at radius 3 is 2.93 bits per heavy atom. The van der Waals surface area contributed by atoms with Crippen molar-refractivity contribution in [2.75, 3.05) is 6.54 Å². The highest BCUT2D eigenvalue weighted by Crippen LogP contribution is 2.27.